The van der Waals surface area contributed by atoms with E-state index >= 15 is 0 Å². The van der Waals surface area contributed by atoms with E-state index < -0.39 is 7.14 Å². The molecular formula is C51H35N2OP. The molecule has 1 aliphatic heterocycles. The van der Waals surface area contributed by atoms with Crippen LogP contribution in [0, 0.1) is 0 Å². The van der Waals surface area contributed by atoms with Gasteiger partial charge in [-0.15, -0.1) is 0 Å². The van der Waals surface area contributed by atoms with Crippen molar-refractivity contribution >= 4 is 28.5 Å². The van der Waals surface area contributed by atoms with Crippen LogP contribution < -0.4 is 10.6 Å². The van der Waals surface area contributed by atoms with E-state index in [-0.39, 0.29) is 0 Å². The standard InChI is InChI=1S/C51H35N2OP/c1-55(54)49-22-11-10-19-44(49)45-21-12-20-43(50(45)55)41-31-40-17-8-9-18-42(40)46(32-41)36-25-29-38(30-26-36)48-33-47(52-51(53-48)39-15-6-3-7-16-39)37-27-23-35(24-28-37)34-13-4-2-5-14-34/h2-33H,1H3. The van der Waals surface area contributed by atoms with E-state index in [1.807, 2.05) is 49.1 Å². The Labute approximate surface area is 321 Å². The van der Waals surface area contributed by atoms with Gasteiger partial charge in [0.15, 0.2) is 5.82 Å². The summed E-state index contributed by atoms with van der Waals surface area (Å²) in [6, 6.07) is 67.5. The first-order valence-electron chi connectivity index (χ1n) is 18.6. The van der Waals surface area contributed by atoms with Crippen LogP contribution in [0.2, 0.25) is 0 Å². The lowest BCUT2D eigenvalue weighted by atomic mass is 9.91. The molecule has 3 nitrogen and oxygen atoms in total. The van der Waals surface area contributed by atoms with Crippen LogP contribution in [-0.2, 0) is 4.57 Å². The SMILES string of the molecule is CP1(=O)c2ccccc2-c2cccc(-c3cc(-c4ccc(-c5cc(-c6ccc(-c7ccccc7)cc6)nc(-c6ccccc6)n5)cc4)c4ccccc4c3)c21. The van der Waals surface area contributed by atoms with Crippen LogP contribution in [0.15, 0.2) is 194 Å². The number of hydrogen-bond acceptors (Lipinski definition) is 3. The Hall–Kier alpha value is -6.67. The molecule has 0 saturated carbocycles. The summed E-state index contributed by atoms with van der Waals surface area (Å²) in [5, 5.41) is 4.21. The Kier molecular flexibility index (Phi) is 7.98. The summed E-state index contributed by atoms with van der Waals surface area (Å²) < 4.78 is 14.5. The first-order valence-corrected chi connectivity index (χ1v) is 20.7. The molecule has 55 heavy (non-hydrogen) atoms. The molecule has 2 heterocycles. The lowest BCUT2D eigenvalue weighted by Crippen LogP contribution is -2.11. The predicted octanol–water partition coefficient (Wildman–Crippen LogP) is 12.6. The average Bonchev–Trinajstić information content (AvgIpc) is 3.50. The van der Waals surface area contributed by atoms with Gasteiger partial charge in [-0.25, -0.2) is 9.97 Å². The Morgan fingerprint density at radius 2 is 0.909 bits per heavy atom. The van der Waals surface area contributed by atoms with Gasteiger partial charge in [0.05, 0.1) is 11.4 Å². The van der Waals surface area contributed by atoms with E-state index in [9.17, 15) is 4.57 Å². The van der Waals surface area contributed by atoms with Crippen LogP contribution in [0.25, 0.3) is 89.2 Å². The summed E-state index contributed by atoms with van der Waals surface area (Å²) >= 11 is 0. The number of aromatic nitrogens is 2. The van der Waals surface area contributed by atoms with Crippen molar-refractivity contribution in [2.24, 2.45) is 0 Å². The number of rotatable bonds is 6. The van der Waals surface area contributed by atoms with Gasteiger partial charge in [-0.2, -0.15) is 0 Å². The third-order valence-electron chi connectivity index (χ3n) is 10.8. The zero-order valence-electron chi connectivity index (χ0n) is 30.2. The third-order valence-corrected chi connectivity index (χ3v) is 13.5. The highest BCUT2D eigenvalue weighted by molar-refractivity contribution is 7.79. The zero-order chi connectivity index (χ0) is 36.9. The van der Waals surface area contributed by atoms with Gasteiger partial charge in [-0.05, 0) is 80.1 Å². The summed E-state index contributed by atoms with van der Waals surface area (Å²) in [5.41, 5.74) is 13.6. The molecule has 9 aromatic rings. The Morgan fingerprint density at radius 1 is 0.382 bits per heavy atom. The normalized spacial score (nSPS) is 14.4. The first-order chi connectivity index (χ1) is 27.0. The molecule has 4 heteroatoms. The van der Waals surface area contributed by atoms with Crippen molar-refractivity contribution < 1.29 is 4.57 Å². The highest BCUT2D eigenvalue weighted by Gasteiger charge is 2.36. The maximum absolute atomic E-state index is 14.5. The van der Waals surface area contributed by atoms with Gasteiger partial charge in [-0.1, -0.05) is 176 Å². The van der Waals surface area contributed by atoms with E-state index in [0.29, 0.717) is 5.82 Å². The van der Waals surface area contributed by atoms with Crippen molar-refractivity contribution in [3.63, 3.8) is 0 Å². The monoisotopic (exact) mass is 722 g/mol. The lowest BCUT2D eigenvalue weighted by molar-refractivity contribution is 0.591. The van der Waals surface area contributed by atoms with Crippen LogP contribution in [0.4, 0.5) is 0 Å². The summed E-state index contributed by atoms with van der Waals surface area (Å²) in [4.78, 5) is 10.2. The van der Waals surface area contributed by atoms with Crippen molar-refractivity contribution in [2.75, 3.05) is 6.66 Å². The van der Waals surface area contributed by atoms with Crippen molar-refractivity contribution in [1.29, 1.82) is 0 Å². The van der Waals surface area contributed by atoms with Gasteiger partial charge in [0, 0.05) is 27.3 Å². The topological polar surface area (TPSA) is 42.9 Å². The second-order valence-corrected chi connectivity index (χ2v) is 17.0. The van der Waals surface area contributed by atoms with Gasteiger partial charge in [0.1, 0.15) is 7.14 Å². The van der Waals surface area contributed by atoms with Crippen LogP contribution in [0.3, 0.4) is 0 Å². The second-order valence-electron chi connectivity index (χ2n) is 14.2. The van der Waals surface area contributed by atoms with Gasteiger partial charge in [0.25, 0.3) is 0 Å². The van der Waals surface area contributed by atoms with E-state index in [0.717, 1.165) is 77.5 Å². The van der Waals surface area contributed by atoms with Gasteiger partial charge >= 0.3 is 0 Å². The average molecular weight is 723 g/mol. The molecule has 0 N–H and O–H groups in total. The maximum Gasteiger partial charge on any atom is 0.160 e. The molecule has 10 rings (SSSR count). The molecule has 0 aliphatic carbocycles. The summed E-state index contributed by atoms with van der Waals surface area (Å²) in [5.74, 6) is 0.689. The molecule has 0 bridgehead atoms. The summed E-state index contributed by atoms with van der Waals surface area (Å²) in [6.07, 6.45) is 0. The minimum absolute atomic E-state index is 0.689. The highest BCUT2D eigenvalue weighted by Crippen LogP contribution is 2.52. The Morgan fingerprint density at radius 3 is 1.62 bits per heavy atom. The molecule has 8 aromatic carbocycles. The summed E-state index contributed by atoms with van der Waals surface area (Å²) in [6.45, 7) is 1.92. The molecule has 0 radical (unpaired) electrons. The third kappa shape index (κ3) is 5.81. The minimum atomic E-state index is -2.80. The molecular weight excluding hydrogens is 688 g/mol. The predicted molar refractivity (Wildman–Crippen MR) is 230 cm³/mol. The van der Waals surface area contributed by atoms with E-state index in [1.165, 1.54) is 16.5 Å². The van der Waals surface area contributed by atoms with Crippen molar-refractivity contribution in [1.82, 2.24) is 9.97 Å². The van der Waals surface area contributed by atoms with Crippen LogP contribution in [0.5, 0.6) is 0 Å². The fraction of sp³-hybridized carbons (Fsp3) is 0.0196. The van der Waals surface area contributed by atoms with Crippen molar-refractivity contribution in [2.45, 2.75) is 0 Å². The summed E-state index contributed by atoms with van der Waals surface area (Å²) in [7, 11) is -2.80. The molecule has 1 aromatic heterocycles. The van der Waals surface area contributed by atoms with Crippen LogP contribution in [-0.4, -0.2) is 16.6 Å². The van der Waals surface area contributed by atoms with E-state index in [2.05, 4.69) is 152 Å². The van der Waals surface area contributed by atoms with Gasteiger partial charge in [-0.3, -0.25) is 0 Å². The van der Waals surface area contributed by atoms with E-state index in [4.69, 9.17) is 9.97 Å². The van der Waals surface area contributed by atoms with Gasteiger partial charge < -0.3 is 4.57 Å². The molecule has 0 saturated heterocycles. The molecule has 1 aliphatic rings. The Bertz CT molecular complexity index is 2940. The minimum Gasteiger partial charge on any atom is -0.314 e. The molecule has 0 fully saturated rings. The van der Waals surface area contributed by atoms with E-state index in [1.54, 1.807) is 0 Å². The first kappa shape index (κ1) is 32.9. The molecule has 1 atom stereocenters. The number of hydrogen-bond donors (Lipinski definition) is 0. The van der Waals surface area contributed by atoms with Gasteiger partial charge in [0.2, 0.25) is 0 Å². The molecule has 0 spiro atoms. The van der Waals surface area contributed by atoms with Crippen LogP contribution in [0.1, 0.15) is 0 Å². The lowest BCUT2D eigenvalue weighted by Gasteiger charge is -2.17. The quantitative estimate of drug-likeness (QED) is 0.161. The van der Waals surface area contributed by atoms with Crippen molar-refractivity contribution in [3.8, 4) is 78.4 Å². The smallest absolute Gasteiger partial charge is 0.160 e. The van der Waals surface area contributed by atoms with Crippen molar-refractivity contribution in [3.05, 3.63) is 194 Å². The number of fused-ring (bicyclic) bond motifs is 4. The molecule has 0 amide bonds. The number of benzene rings is 8. The fourth-order valence-corrected chi connectivity index (χ4v) is 10.7. The Balaban J connectivity index is 1.06. The maximum atomic E-state index is 14.5. The highest BCUT2D eigenvalue weighted by atomic mass is 31.2. The second kappa shape index (κ2) is 13.3. The number of nitrogens with zero attached hydrogens (tertiary/aromatic N) is 2. The van der Waals surface area contributed by atoms with Crippen LogP contribution >= 0.6 is 7.14 Å². The largest absolute Gasteiger partial charge is 0.314 e. The zero-order valence-corrected chi connectivity index (χ0v) is 31.1. The fourth-order valence-electron chi connectivity index (χ4n) is 8.10. The molecule has 260 valence electrons. The molecule has 1 unspecified atom stereocenters.